The van der Waals surface area contributed by atoms with Gasteiger partial charge in [-0.15, -0.1) is 0 Å². The topological polar surface area (TPSA) is 84.9 Å². The third kappa shape index (κ3) is 5.88. The molecule has 6 nitrogen and oxygen atoms in total. The highest BCUT2D eigenvalue weighted by Crippen LogP contribution is 2.28. The second-order valence-corrected chi connectivity index (χ2v) is 6.70. The number of rotatable bonds is 6. The van der Waals surface area contributed by atoms with Crippen LogP contribution in [0.25, 0.3) is 0 Å². The number of benzene rings is 1. The van der Waals surface area contributed by atoms with Crippen LogP contribution in [0.3, 0.4) is 0 Å². The molecule has 8 heteroatoms. The molecule has 0 bridgehead atoms. The molecule has 0 spiro atoms. The first-order chi connectivity index (χ1) is 11.0. The molecule has 1 unspecified atom stereocenters. The van der Waals surface area contributed by atoms with Crippen molar-refractivity contribution in [3.63, 3.8) is 0 Å². The first-order valence-corrected chi connectivity index (χ1v) is 7.56. The van der Waals surface area contributed by atoms with Crippen molar-refractivity contribution in [2.45, 2.75) is 38.5 Å². The van der Waals surface area contributed by atoms with E-state index >= 15 is 0 Å². The Morgan fingerprint density at radius 2 is 1.96 bits per heavy atom. The Labute approximate surface area is 144 Å². The van der Waals surface area contributed by atoms with Crippen LogP contribution < -0.4 is 10.1 Å². The Morgan fingerprint density at radius 3 is 2.46 bits per heavy atom. The van der Waals surface area contributed by atoms with E-state index < -0.39 is 36.3 Å². The molecule has 24 heavy (non-hydrogen) atoms. The van der Waals surface area contributed by atoms with Crippen molar-refractivity contribution in [1.82, 2.24) is 5.32 Å². The Kier molecular flexibility index (Phi) is 6.42. The van der Waals surface area contributed by atoms with E-state index in [4.69, 9.17) is 21.1 Å². The molecule has 0 aliphatic carbocycles. The summed E-state index contributed by atoms with van der Waals surface area (Å²) in [5, 5.41) is 11.7. The normalized spacial score (nSPS) is 13.8. The van der Waals surface area contributed by atoms with Gasteiger partial charge in [0.1, 0.15) is 11.4 Å². The number of methoxy groups -OCH3 is 1. The molecule has 1 aromatic carbocycles. The highest BCUT2D eigenvalue weighted by Gasteiger charge is 2.40. The zero-order valence-corrected chi connectivity index (χ0v) is 14.7. The zero-order valence-electron chi connectivity index (χ0n) is 14.0. The summed E-state index contributed by atoms with van der Waals surface area (Å²) in [4.78, 5) is 23.0. The second kappa shape index (κ2) is 7.70. The fourth-order valence-electron chi connectivity index (χ4n) is 1.93. The van der Waals surface area contributed by atoms with Crippen molar-refractivity contribution in [2.24, 2.45) is 0 Å². The summed E-state index contributed by atoms with van der Waals surface area (Å²) in [5.74, 6) is -1.40. The van der Waals surface area contributed by atoms with E-state index in [9.17, 15) is 19.1 Å². The van der Waals surface area contributed by atoms with Gasteiger partial charge >= 0.3 is 12.1 Å². The predicted molar refractivity (Wildman–Crippen MR) is 87.4 cm³/mol. The molecule has 1 aromatic rings. The average molecular weight is 362 g/mol. The number of carbonyl (C=O) groups is 2. The predicted octanol–water partition coefficient (Wildman–Crippen LogP) is 3.21. The minimum absolute atomic E-state index is 0.279. The van der Waals surface area contributed by atoms with Gasteiger partial charge in [0.2, 0.25) is 5.67 Å². The third-order valence-electron chi connectivity index (χ3n) is 3.01. The number of alkyl carbamates (subject to hydrolysis) is 1. The number of carboxylic acid groups (broad SMARTS) is 1. The minimum Gasteiger partial charge on any atom is -0.496 e. The van der Waals surface area contributed by atoms with E-state index in [1.54, 1.807) is 26.8 Å². The number of aliphatic carboxylic acids is 1. The maximum Gasteiger partial charge on any atom is 0.407 e. The molecular formula is C16H21ClFNO5. The van der Waals surface area contributed by atoms with Crippen LogP contribution in [0.1, 0.15) is 26.3 Å². The Morgan fingerprint density at radius 1 is 1.33 bits per heavy atom. The number of ether oxygens (including phenoxy) is 2. The summed E-state index contributed by atoms with van der Waals surface area (Å²) in [7, 11) is 1.38. The van der Waals surface area contributed by atoms with Gasteiger partial charge in [-0.25, -0.2) is 14.0 Å². The van der Waals surface area contributed by atoms with Crippen LogP contribution >= 0.6 is 11.6 Å². The lowest BCUT2D eigenvalue weighted by Crippen LogP contribution is -2.48. The molecule has 0 aromatic heterocycles. The van der Waals surface area contributed by atoms with Crippen molar-refractivity contribution in [3.05, 3.63) is 28.8 Å². The second-order valence-electron chi connectivity index (χ2n) is 6.26. The summed E-state index contributed by atoms with van der Waals surface area (Å²) in [5.41, 5.74) is -3.24. The van der Waals surface area contributed by atoms with Gasteiger partial charge in [0.15, 0.2) is 0 Å². The standard InChI is InChI=1S/C16H21ClFNO5/c1-15(2,3)24-14(22)19-9-16(18,13(20)21)8-10-7-11(17)5-6-12(10)23-4/h5-7H,8-9H2,1-4H3,(H,19,22)(H,20,21). The number of carboxylic acids is 1. The molecule has 0 heterocycles. The van der Waals surface area contributed by atoms with Crippen molar-refractivity contribution in [2.75, 3.05) is 13.7 Å². The van der Waals surface area contributed by atoms with Gasteiger partial charge in [0.25, 0.3) is 0 Å². The van der Waals surface area contributed by atoms with Crippen LogP contribution in [-0.4, -0.2) is 42.1 Å². The molecule has 134 valence electrons. The van der Waals surface area contributed by atoms with E-state index in [0.717, 1.165) is 0 Å². The first kappa shape index (κ1) is 20.0. The fourth-order valence-corrected chi connectivity index (χ4v) is 2.12. The van der Waals surface area contributed by atoms with Gasteiger partial charge < -0.3 is 19.9 Å². The molecule has 2 N–H and O–H groups in total. The molecule has 1 rings (SSSR count). The SMILES string of the molecule is COc1ccc(Cl)cc1CC(F)(CNC(=O)OC(C)(C)C)C(=O)O. The first-order valence-electron chi connectivity index (χ1n) is 7.18. The summed E-state index contributed by atoms with van der Waals surface area (Å²) >= 11 is 5.87. The summed E-state index contributed by atoms with van der Waals surface area (Å²) in [6.07, 6.45) is -1.43. The Balaban J connectivity index is 2.91. The smallest absolute Gasteiger partial charge is 0.407 e. The lowest BCUT2D eigenvalue weighted by Gasteiger charge is -2.24. The zero-order chi connectivity index (χ0) is 18.5. The van der Waals surface area contributed by atoms with Gasteiger partial charge in [0.05, 0.1) is 13.7 Å². The Hall–Kier alpha value is -2.02. The minimum atomic E-state index is -2.74. The molecule has 1 amide bonds. The van der Waals surface area contributed by atoms with Gasteiger partial charge in [-0.05, 0) is 44.5 Å². The summed E-state index contributed by atoms with van der Waals surface area (Å²) < 4.78 is 24.9. The number of hydrogen-bond donors (Lipinski definition) is 2. The highest BCUT2D eigenvalue weighted by atomic mass is 35.5. The largest absolute Gasteiger partial charge is 0.496 e. The summed E-state index contributed by atoms with van der Waals surface area (Å²) in [6.45, 7) is 4.17. The number of amides is 1. The van der Waals surface area contributed by atoms with Gasteiger partial charge in [0, 0.05) is 11.4 Å². The molecule has 0 radical (unpaired) electrons. The highest BCUT2D eigenvalue weighted by molar-refractivity contribution is 6.30. The van der Waals surface area contributed by atoms with Gasteiger partial charge in [-0.2, -0.15) is 0 Å². The average Bonchev–Trinajstić information content (AvgIpc) is 2.43. The lowest BCUT2D eigenvalue weighted by molar-refractivity contribution is -0.150. The number of alkyl halides is 1. The molecule has 0 saturated heterocycles. The fraction of sp³-hybridized carbons (Fsp3) is 0.500. The molecular weight excluding hydrogens is 341 g/mol. The summed E-state index contributed by atoms with van der Waals surface area (Å²) in [6, 6.07) is 4.48. The van der Waals surface area contributed by atoms with E-state index in [1.165, 1.54) is 19.2 Å². The molecule has 0 aliphatic heterocycles. The van der Waals surface area contributed by atoms with E-state index in [2.05, 4.69) is 5.32 Å². The maximum absolute atomic E-state index is 14.9. The van der Waals surface area contributed by atoms with Crippen molar-refractivity contribution < 1.29 is 28.6 Å². The number of halogens is 2. The third-order valence-corrected chi connectivity index (χ3v) is 3.24. The van der Waals surface area contributed by atoms with Crippen molar-refractivity contribution in [3.8, 4) is 5.75 Å². The van der Waals surface area contributed by atoms with Crippen LogP contribution in [0.5, 0.6) is 5.75 Å². The van der Waals surface area contributed by atoms with Crippen LogP contribution in [0.15, 0.2) is 18.2 Å². The Bertz CT molecular complexity index is 617. The number of hydrogen-bond acceptors (Lipinski definition) is 4. The lowest BCUT2D eigenvalue weighted by atomic mass is 9.95. The maximum atomic E-state index is 14.9. The van der Waals surface area contributed by atoms with Crippen molar-refractivity contribution in [1.29, 1.82) is 0 Å². The van der Waals surface area contributed by atoms with Crippen LogP contribution in [0, 0.1) is 0 Å². The van der Waals surface area contributed by atoms with E-state index in [0.29, 0.717) is 10.8 Å². The number of carbonyl (C=O) groups excluding carboxylic acids is 1. The van der Waals surface area contributed by atoms with E-state index in [-0.39, 0.29) is 5.56 Å². The van der Waals surface area contributed by atoms with Crippen molar-refractivity contribution >= 4 is 23.7 Å². The molecule has 0 aliphatic rings. The van der Waals surface area contributed by atoms with Gasteiger partial charge in [-0.1, -0.05) is 11.6 Å². The van der Waals surface area contributed by atoms with Crippen LogP contribution in [-0.2, 0) is 16.0 Å². The molecule has 1 atom stereocenters. The van der Waals surface area contributed by atoms with Gasteiger partial charge in [-0.3, -0.25) is 0 Å². The molecule has 0 saturated carbocycles. The molecule has 0 fully saturated rings. The van der Waals surface area contributed by atoms with Crippen LogP contribution in [0.4, 0.5) is 9.18 Å². The number of nitrogens with one attached hydrogen (secondary N) is 1. The van der Waals surface area contributed by atoms with Crippen LogP contribution in [0.2, 0.25) is 5.02 Å². The quantitative estimate of drug-likeness (QED) is 0.812. The van der Waals surface area contributed by atoms with E-state index in [1.807, 2.05) is 0 Å². The monoisotopic (exact) mass is 361 g/mol.